The molecule has 1 fully saturated rings. The molecule has 2 N–H and O–H groups in total. The number of carboxylic acid groups (broad SMARTS) is 1. The monoisotopic (exact) mass is 567 g/mol. The molecule has 0 saturated carbocycles. The number of pyridine rings is 1. The van der Waals surface area contributed by atoms with Crippen molar-refractivity contribution in [2.24, 2.45) is 7.05 Å². The quantitative estimate of drug-likeness (QED) is 0.214. The highest BCUT2D eigenvalue weighted by Crippen LogP contribution is 2.41. The van der Waals surface area contributed by atoms with Gasteiger partial charge in [-0.25, -0.2) is 14.3 Å². The summed E-state index contributed by atoms with van der Waals surface area (Å²) in [5.74, 6) is -2.65. The van der Waals surface area contributed by atoms with Gasteiger partial charge < -0.3 is 15.2 Å². The lowest BCUT2D eigenvalue weighted by molar-refractivity contribution is -0.151. The van der Waals surface area contributed by atoms with E-state index in [-0.39, 0.29) is 17.0 Å². The SMILES string of the molecule is Cn1nnnc1SCC1=C(C(=O)O)N2C(=O)C(NC(=O)[C@H](OC(=O)c3cccnc3)c3ccccc3)[C@H]2SC1. The molecule has 1 unspecified atom stereocenters. The van der Waals surface area contributed by atoms with Crippen LogP contribution in [0.25, 0.3) is 0 Å². The summed E-state index contributed by atoms with van der Waals surface area (Å²) in [7, 11) is 1.67. The predicted octanol–water partition coefficient (Wildman–Crippen LogP) is 1.03. The Morgan fingerprint density at radius 2 is 2.03 bits per heavy atom. The maximum absolute atomic E-state index is 13.3. The maximum Gasteiger partial charge on any atom is 0.352 e. The molecule has 0 aliphatic carbocycles. The summed E-state index contributed by atoms with van der Waals surface area (Å²) < 4.78 is 7.00. The van der Waals surface area contributed by atoms with E-state index >= 15 is 0 Å². The molecule has 1 aromatic carbocycles. The molecule has 0 spiro atoms. The van der Waals surface area contributed by atoms with Crippen LogP contribution in [0.15, 0.2) is 71.3 Å². The molecular weight excluding hydrogens is 546 g/mol. The fourth-order valence-electron chi connectivity index (χ4n) is 4.08. The number of benzene rings is 1. The number of carboxylic acids is 1. The number of carbonyl (C=O) groups excluding carboxylic acids is 3. The lowest BCUT2D eigenvalue weighted by Gasteiger charge is -2.49. The average molecular weight is 568 g/mol. The van der Waals surface area contributed by atoms with Gasteiger partial charge in [0.2, 0.25) is 11.3 Å². The number of β-lactam (4-membered cyclic amide) rings is 1. The molecule has 2 aromatic heterocycles. The van der Waals surface area contributed by atoms with E-state index in [2.05, 4.69) is 25.8 Å². The summed E-state index contributed by atoms with van der Waals surface area (Å²) >= 11 is 2.60. The minimum Gasteiger partial charge on any atom is -0.477 e. The number of aliphatic carboxylic acids is 1. The van der Waals surface area contributed by atoms with Crippen molar-refractivity contribution in [2.75, 3.05) is 11.5 Å². The third-order valence-corrected chi connectivity index (χ3v) is 8.40. The summed E-state index contributed by atoms with van der Waals surface area (Å²) in [4.78, 5) is 56.4. The Labute approximate surface area is 230 Å². The fourth-order valence-corrected chi connectivity index (χ4v) is 6.41. The smallest absolute Gasteiger partial charge is 0.352 e. The van der Waals surface area contributed by atoms with Gasteiger partial charge in [-0.15, -0.1) is 16.9 Å². The van der Waals surface area contributed by atoms with E-state index in [1.54, 1.807) is 43.4 Å². The normalized spacial score (nSPS) is 19.1. The standard InChI is InChI=1S/C24H21N7O6S2/c1-30-24(27-28-29-30)39-12-15-11-38-21-16(20(33)31(21)17(15)22(34)35)26-19(32)18(13-6-3-2-4-7-13)37-23(36)14-8-5-9-25-10-14/h2-10,16,18,21H,11-12H2,1H3,(H,26,32)(H,34,35)/t16?,18-,21-/m1/s1. The average Bonchev–Trinajstić information content (AvgIpc) is 3.37. The molecule has 1 saturated heterocycles. The Balaban J connectivity index is 1.32. The molecule has 39 heavy (non-hydrogen) atoms. The van der Waals surface area contributed by atoms with E-state index < -0.39 is 41.3 Å². The van der Waals surface area contributed by atoms with Crippen molar-refractivity contribution in [1.82, 2.24) is 35.4 Å². The van der Waals surface area contributed by atoms with E-state index in [1.165, 1.54) is 51.6 Å². The third kappa shape index (κ3) is 5.35. The van der Waals surface area contributed by atoms with Crippen LogP contribution in [0.4, 0.5) is 0 Å². The highest BCUT2D eigenvalue weighted by atomic mass is 32.2. The van der Waals surface area contributed by atoms with Crippen molar-refractivity contribution in [1.29, 1.82) is 0 Å². The van der Waals surface area contributed by atoms with Crippen LogP contribution in [0.5, 0.6) is 0 Å². The molecule has 2 aliphatic heterocycles. The molecule has 4 heterocycles. The molecule has 200 valence electrons. The number of ether oxygens (including phenoxy) is 1. The highest BCUT2D eigenvalue weighted by molar-refractivity contribution is 8.01. The Bertz CT molecular complexity index is 1450. The van der Waals surface area contributed by atoms with Gasteiger partial charge in [-0.05, 0) is 28.1 Å². The Morgan fingerprint density at radius 1 is 1.23 bits per heavy atom. The molecule has 3 atom stereocenters. The van der Waals surface area contributed by atoms with E-state index in [0.717, 1.165) is 0 Å². The first-order valence-electron chi connectivity index (χ1n) is 11.6. The molecule has 0 bridgehead atoms. The van der Waals surface area contributed by atoms with Crippen LogP contribution < -0.4 is 5.32 Å². The first-order chi connectivity index (χ1) is 18.8. The number of carbonyl (C=O) groups is 4. The number of rotatable bonds is 9. The number of aromatic nitrogens is 5. The van der Waals surface area contributed by atoms with Crippen LogP contribution in [-0.2, 0) is 26.2 Å². The van der Waals surface area contributed by atoms with Crippen molar-refractivity contribution < 1.29 is 29.0 Å². The molecule has 0 radical (unpaired) electrons. The number of esters is 1. The Kier molecular flexibility index (Phi) is 7.60. The number of amides is 2. The number of hydrogen-bond acceptors (Lipinski definition) is 11. The summed E-state index contributed by atoms with van der Waals surface area (Å²) in [5.41, 5.74) is 1.01. The van der Waals surface area contributed by atoms with E-state index in [9.17, 15) is 24.3 Å². The second kappa shape index (κ2) is 11.2. The topological polar surface area (TPSA) is 170 Å². The number of nitrogens with one attached hydrogen (secondary N) is 1. The van der Waals surface area contributed by atoms with Crippen LogP contribution in [0.2, 0.25) is 0 Å². The van der Waals surface area contributed by atoms with E-state index in [1.807, 2.05) is 0 Å². The van der Waals surface area contributed by atoms with Crippen LogP contribution in [0, 0.1) is 0 Å². The van der Waals surface area contributed by atoms with Gasteiger partial charge in [0, 0.05) is 36.5 Å². The Morgan fingerprint density at radius 3 is 2.69 bits per heavy atom. The van der Waals surface area contributed by atoms with Crippen molar-refractivity contribution >= 4 is 47.3 Å². The lowest BCUT2D eigenvalue weighted by Crippen LogP contribution is -2.71. The molecule has 13 nitrogen and oxygen atoms in total. The predicted molar refractivity (Wildman–Crippen MR) is 138 cm³/mol. The number of aryl methyl sites for hydroxylation is 1. The summed E-state index contributed by atoms with van der Waals surface area (Å²) in [6, 6.07) is 10.5. The Hall–Kier alpha value is -4.24. The fraction of sp³-hybridized carbons (Fsp3) is 0.250. The molecule has 3 aromatic rings. The minimum atomic E-state index is -1.34. The van der Waals surface area contributed by atoms with Crippen LogP contribution in [0.3, 0.4) is 0 Å². The zero-order valence-electron chi connectivity index (χ0n) is 20.3. The summed E-state index contributed by atoms with van der Waals surface area (Å²) in [6.07, 6.45) is 1.49. The van der Waals surface area contributed by atoms with Crippen molar-refractivity contribution in [3.8, 4) is 0 Å². The molecular formula is C24H21N7O6S2. The van der Waals surface area contributed by atoms with Crippen molar-refractivity contribution in [2.45, 2.75) is 22.7 Å². The maximum atomic E-state index is 13.3. The van der Waals surface area contributed by atoms with Gasteiger partial charge in [0.05, 0.1) is 5.56 Å². The van der Waals surface area contributed by atoms with Gasteiger partial charge in [-0.2, -0.15) is 0 Å². The van der Waals surface area contributed by atoms with Crippen LogP contribution in [-0.4, -0.2) is 81.9 Å². The highest BCUT2D eigenvalue weighted by Gasteiger charge is 2.54. The van der Waals surface area contributed by atoms with Gasteiger partial charge in [0.15, 0.2) is 0 Å². The van der Waals surface area contributed by atoms with Crippen LogP contribution in [0.1, 0.15) is 22.0 Å². The number of hydrogen-bond donors (Lipinski definition) is 2. The summed E-state index contributed by atoms with van der Waals surface area (Å²) in [5, 5.41) is 23.6. The van der Waals surface area contributed by atoms with E-state index in [4.69, 9.17) is 4.74 Å². The first kappa shape index (κ1) is 26.4. The van der Waals surface area contributed by atoms with Gasteiger partial charge in [0.1, 0.15) is 17.1 Å². The number of fused-ring (bicyclic) bond motifs is 1. The second-order valence-electron chi connectivity index (χ2n) is 8.46. The molecule has 2 aliphatic rings. The molecule has 5 rings (SSSR count). The number of tetrazole rings is 1. The lowest BCUT2D eigenvalue weighted by atomic mass is 10.0. The largest absolute Gasteiger partial charge is 0.477 e. The minimum absolute atomic E-state index is 0.112. The van der Waals surface area contributed by atoms with Crippen molar-refractivity contribution in [3.63, 3.8) is 0 Å². The van der Waals surface area contributed by atoms with Gasteiger partial charge in [0.25, 0.3) is 11.8 Å². The molecule has 2 amide bonds. The van der Waals surface area contributed by atoms with E-state index in [0.29, 0.717) is 22.0 Å². The van der Waals surface area contributed by atoms with Crippen LogP contribution >= 0.6 is 23.5 Å². The summed E-state index contributed by atoms with van der Waals surface area (Å²) in [6.45, 7) is 0. The second-order valence-corrected chi connectivity index (χ2v) is 10.5. The zero-order chi connectivity index (χ0) is 27.5. The first-order valence-corrected chi connectivity index (χ1v) is 13.6. The zero-order valence-corrected chi connectivity index (χ0v) is 22.0. The van der Waals surface area contributed by atoms with Gasteiger partial charge in [-0.3, -0.25) is 19.5 Å². The van der Waals surface area contributed by atoms with Gasteiger partial charge in [-0.1, -0.05) is 42.1 Å². The van der Waals surface area contributed by atoms with Crippen molar-refractivity contribution in [3.05, 3.63) is 77.3 Å². The number of thioether (sulfide) groups is 2. The molecule has 15 heteroatoms. The number of nitrogens with zero attached hydrogens (tertiary/aromatic N) is 6. The third-order valence-electron chi connectivity index (χ3n) is 5.97. The van der Waals surface area contributed by atoms with Gasteiger partial charge >= 0.3 is 11.9 Å².